The summed E-state index contributed by atoms with van der Waals surface area (Å²) in [5.41, 5.74) is 0. The molecular formula is C8H16O2S. The molecule has 0 aliphatic carbocycles. The van der Waals surface area contributed by atoms with Crippen LogP contribution in [0.3, 0.4) is 0 Å². The van der Waals surface area contributed by atoms with Gasteiger partial charge in [-0.25, -0.2) is 0 Å². The van der Waals surface area contributed by atoms with Crippen molar-refractivity contribution in [2.24, 2.45) is 5.92 Å². The van der Waals surface area contributed by atoms with Gasteiger partial charge in [0.2, 0.25) is 0 Å². The molecule has 0 radical (unpaired) electrons. The molecule has 1 aliphatic heterocycles. The molecule has 0 amide bonds. The Hall–Kier alpha value is 0.270. The van der Waals surface area contributed by atoms with E-state index in [4.69, 9.17) is 4.74 Å². The Labute approximate surface area is 72.3 Å². The summed E-state index contributed by atoms with van der Waals surface area (Å²) >= 11 is 1.79. The van der Waals surface area contributed by atoms with Crippen molar-refractivity contribution >= 4 is 11.8 Å². The van der Waals surface area contributed by atoms with Crippen molar-refractivity contribution in [3.63, 3.8) is 0 Å². The maximum Gasteiger partial charge on any atom is 0.0599 e. The molecule has 2 unspecified atom stereocenters. The van der Waals surface area contributed by atoms with Crippen LogP contribution >= 0.6 is 11.8 Å². The summed E-state index contributed by atoms with van der Waals surface area (Å²) in [6, 6.07) is 0. The van der Waals surface area contributed by atoms with Gasteiger partial charge in [0.1, 0.15) is 0 Å². The average molecular weight is 176 g/mol. The van der Waals surface area contributed by atoms with Crippen LogP contribution in [-0.2, 0) is 4.74 Å². The van der Waals surface area contributed by atoms with Crippen LogP contribution in [0, 0.1) is 5.92 Å². The molecule has 0 aromatic heterocycles. The van der Waals surface area contributed by atoms with Crippen LogP contribution in [0.4, 0.5) is 0 Å². The molecule has 66 valence electrons. The summed E-state index contributed by atoms with van der Waals surface area (Å²) in [6.45, 7) is 1.59. The van der Waals surface area contributed by atoms with Crippen LogP contribution in [0.5, 0.6) is 0 Å². The van der Waals surface area contributed by atoms with Gasteiger partial charge in [-0.3, -0.25) is 0 Å². The Morgan fingerprint density at radius 1 is 1.73 bits per heavy atom. The Bertz CT molecular complexity index is 102. The van der Waals surface area contributed by atoms with Gasteiger partial charge < -0.3 is 9.84 Å². The van der Waals surface area contributed by atoms with Crippen LogP contribution in [-0.4, -0.2) is 36.4 Å². The number of thioether (sulfide) groups is 1. The standard InChI is InChI=1S/C8H16O2S/c1-11-5-3-8(9)7-2-4-10-6-7/h7-9H,2-6H2,1H3. The number of aliphatic hydroxyl groups excluding tert-OH is 1. The third-order valence-corrected chi connectivity index (χ3v) is 2.77. The summed E-state index contributed by atoms with van der Waals surface area (Å²) < 4.78 is 5.19. The molecule has 1 rings (SSSR count). The van der Waals surface area contributed by atoms with E-state index in [0.29, 0.717) is 5.92 Å². The summed E-state index contributed by atoms with van der Waals surface area (Å²) in [5.74, 6) is 1.46. The second kappa shape index (κ2) is 5.01. The second-order valence-corrected chi connectivity index (χ2v) is 3.96. The van der Waals surface area contributed by atoms with Gasteiger partial charge in [-0.2, -0.15) is 11.8 Å². The highest BCUT2D eigenvalue weighted by Crippen LogP contribution is 2.19. The first-order valence-electron chi connectivity index (χ1n) is 4.09. The summed E-state index contributed by atoms with van der Waals surface area (Å²) in [7, 11) is 0. The number of aliphatic hydroxyl groups is 1. The zero-order valence-electron chi connectivity index (χ0n) is 6.95. The molecular weight excluding hydrogens is 160 g/mol. The fourth-order valence-electron chi connectivity index (χ4n) is 1.33. The van der Waals surface area contributed by atoms with Crippen molar-refractivity contribution in [2.45, 2.75) is 18.9 Å². The normalized spacial score (nSPS) is 27.3. The number of ether oxygens (including phenoxy) is 1. The van der Waals surface area contributed by atoms with E-state index >= 15 is 0 Å². The predicted molar refractivity (Wildman–Crippen MR) is 47.9 cm³/mol. The first-order valence-corrected chi connectivity index (χ1v) is 5.48. The lowest BCUT2D eigenvalue weighted by Crippen LogP contribution is -2.21. The van der Waals surface area contributed by atoms with Gasteiger partial charge in [-0.15, -0.1) is 0 Å². The Balaban J connectivity index is 2.12. The van der Waals surface area contributed by atoms with Gasteiger partial charge in [0, 0.05) is 12.5 Å². The van der Waals surface area contributed by atoms with Crippen molar-refractivity contribution in [2.75, 3.05) is 25.2 Å². The lowest BCUT2D eigenvalue weighted by atomic mass is 10.0. The van der Waals surface area contributed by atoms with Crippen molar-refractivity contribution in [3.8, 4) is 0 Å². The summed E-state index contributed by atoms with van der Waals surface area (Å²) in [5, 5.41) is 9.59. The number of rotatable bonds is 4. The molecule has 0 bridgehead atoms. The predicted octanol–water partition coefficient (Wildman–Crippen LogP) is 1.14. The van der Waals surface area contributed by atoms with Gasteiger partial charge in [0.05, 0.1) is 12.7 Å². The Kier molecular flexibility index (Phi) is 4.26. The minimum atomic E-state index is -0.134. The zero-order valence-corrected chi connectivity index (χ0v) is 7.77. The van der Waals surface area contributed by atoms with Crippen LogP contribution in [0.25, 0.3) is 0 Å². The third kappa shape index (κ3) is 3.01. The highest BCUT2D eigenvalue weighted by atomic mass is 32.2. The molecule has 0 aromatic carbocycles. The van der Waals surface area contributed by atoms with Gasteiger partial charge in [0.25, 0.3) is 0 Å². The van der Waals surface area contributed by atoms with Gasteiger partial charge >= 0.3 is 0 Å². The third-order valence-electron chi connectivity index (χ3n) is 2.13. The van der Waals surface area contributed by atoms with Crippen molar-refractivity contribution in [1.82, 2.24) is 0 Å². The van der Waals surface area contributed by atoms with Crippen molar-refractivity contribution in [1.29, 1.82) is 0 Å². The molecule has 1 fully saturated rings. The minimum absolute atomic E-state index is 0.134. The molecule has 1 N–H and O–H groups in total. The van der Waals surface area contributed by atoms with Gasteiger partial charge in [-0.05, 0) is 24.9 Å². The lowest BCUT2D eigenvalue weighted by Gasteiger charge is -2.14. The van der Waals surface area contributed by atoms with E-state index in [1.54, 1.807) is 11.8 Å². The molecule has 1 heterocycles. The fraction of sp³-hybridized carbons (Fsp3) is 1.00. The Morgan fingerprint density at radius 3 is 3.09 bits per heavy atom. The first kappa shape index (κ1) is 9.36. The lowest BCUT2D eigenvalue weighted by molar-refractivity contribution is 0.0896. The van der Waals surface area contributed by atoms with E-state index in [1.165, 1.54) is 0 Å². The van der Waals surface area contributed by atoms with E-state index in [1.807, 2.05) is 0 Å². The molecule has 1 saturated heterocycles. The van der Waals surface area contributed by atoms with E-state index in [0.717, 1.165) is 31.8 Å². The largest absolute Gasteiger partial charge is 0.393 e. The maximum absolute atomic E-state index is 9.59. The monoisotopic (exact) mass is 176 g/mol. The quantitative estimate of drug-likeness (QED) is 0.696. The topological polar surface area (TPSA) is 29.5 Å². The number of hydrogen-bond acceptors (Lipinski definition) is 3. The summed E-state index contributed by atoms with van der Waals surface area (Å²) in [6.07, 6.45) is 3.88. The van der Waals surface area contributed by atoms with E-state index in [2.05, 4.69) is 6.26 Å². The van der Waals surface area contributed by atoms with Crippen LogP contribution in [0.1, 0.15) is 12.8 Å². The highest BCUT2D eigenvalue weighted by molar-refractivity contribution is 7.98. The average Bonchev–Trinajstić information content (AvgIpc) is 2.52. The zero-order chi connectivity index (χ0) is 8.10. The molecule has 11 heavy (non-hydrogen) atoms. The van der Waals surface area contributed by atoms with Crippen LogP contribution < -0.4 is 0 Å². The fourth-order valence-corrected chi connectivity index (χ4v) is 1.81. The van der Waals surface area contributed by atoms with E-state index < -0.39 is 0 Å². The Morgan fingerprint density at radius 2 is 2.55 bits per heavy atom. The molecule has 0 spiro atoms. The van der Waals surface area contributed by atoms with Crippen molar-refractivity contribution in [3.05, 3.63) is 0 Å². The number of hydrogen-bond donors (Lipinski definition) is 1. The van der Waals surface area contributed by atoms with Crippen LogP contribution in [0.15, 0.2) is 0 Å². The maximum atomic E-state index is 9.59. The van der Waals surface area contributed by atoms with Crippen LogP contribution in [0.2, 0.25) is 0 Å². The molecule has 2 atom stereocenters. The molecule has 0 aromatic rings. The van der Waals surface area contributed by atoms with E-state index in [9.17, 15) is 5.11 Å². The van der Waals surface area contributed by atoms with Crippen molar-refractivity contribution < 1.29 is 9.84 Å². The smallest absolute Gasteiger partial charge is 0.0599 e. The molecule has 1 aliphatic rings. The molecule has 3 heteroatoms. The van der Waals surface area contributed by atoms with Gasteiger partial charge in [-0.1, -0.05) is 0 Å². The molecule has 2 nitrogen and oxygen atoms in total. The minimum Gasteiger partial charge on any atom is -0.393 e. The highest BCUT2D eigenvalue weighted by Gasteiger charge is 2.22. The van der Waals surface area contributed by atoms with E-state index in [-0.39, 0.29) is 6.10 Å². The van der Waals surface area contributed by atoms with Gasteiger partial charge in [0.15, 0.2) is 0 Å². The second-order valence-electron chi connectivity index (χ2n) is 2.97. The SMILES string of the molecule is CSCCC(O)C1CCOC1. The summed E-state index contributed by atoms with van der Waals surface area (Å²) in [4.78, 5) is 0. The molecule has 0 saturated carbocycles. The first-order chi connectivity index (χ1) is 5.34.